The average molecular weight is 187 g/mol. The minimum Gasteiger partial charge on any atom is -0.385 e. The van der Waals surface area contributed by atoms with Crippen molar-refractivity contribution in [3.8, 4) is 0 Å². The summed E-state index contributed by atoms with van der Waals surface area (Å²) in [6.45, 7) is 8.69. The van der Waals surface area contributed by atoms with Crippen LogP contribution in [0.2, 0.25) is 0 Å². The maximum Gasteiger partial charge on any atom is 0.0464 e. The fourth-order valence-corrected chi connectivity index (χ4v) is 1.45. The lowest BCUT2D eigenvalue weighted by Gasteiger charge is -2.15. The Morgan fingerprint density at radius 1 is 1.15 bits per heavy atom. The Hall–Kier alpha value is -0.0800. The molecule has 0 aliphatic heterocycles. The summed E-state index contributed by atoms with van der Waals surface area (Å²) in [6, 6.07) is 0.662. The van der Waals surface area contributed by atoms with E-state index >= 15 is 0 Å². The van der Waals surface area contributed by atoms with E-state index in [0.29, 0.717) is 6.04 Å². The van der Waals surface area contributed by atoms with Crippen LogP contribution in [0.1, 0.15) is 40.0 Å². The van der Waals surface area contributed by atoms with Gasteiger partial charge in [0.05, 0.1) is 0 Å². The summed E-state index contributed by atoms with van der Waals surface area (Å²) < 4.78 is 5.05. The molecule has 0 aromatic rings. The SMILES string of the molecule is CCNC(C)CCC(C)CCOC. The summed E-state index contributed by atoms with van der Waals surface area (Å²) in [7, 11) is 1.77. The van der Waals surface area contributed by atoms with Crippen molar-refractivity contribution in [2.75, 3.05) is 20.3 Å². The van der Waals surface area contributed by atoms with Gasteiger partial charge < -0.3 is 10.1 Å². The van der Waals surface area contributed by atoms with Gasteiger partial charge in [0.2, 0.25) is 0 Å². The zero-order chi connectivity index (χ0) is 10.1. The number of hydrogen-bond donors (Lipinski definition) is 1. The number of hydrogen-bond acceptors (Lipinski definition) is 2. The lowest BCUT2D eigenvalue weighted by Crippen LogP contribution is -2.25. The standard InChI is InChI=1S/C11H25NO/c1-5-12-11(3)7-6-10(2)8-9-13-4/h10-12H,5-9H2,1-4H3. The third-order valence-electron chi connectivity index (χ3n) is 2.46. The highest BCUT2D eigenvalue weighted by molar-refractivity contribution is 4.62. The molecule has 0 saturated heterocycles. The summed E-state index contributed by atoms with van der Waals surface area (Å²) >= 11 is 0. The molecule has 0 rings (SSSR count). The van der Waals surface area contributed by atoms with E-state index in [2.05, 4.69) is 26.1 Å². The van der Waals surface area contributed by atoms with E-state index in [1.54, 1.807) is 7.11 Å². The van der Waals surface area contributed by atoms with Crippen LogP contribution in [0.3, 0.4) is 0 Å². The molecular formula is C11H25NO. The molecule has 2 heteroatoms. The van der Waals surface area contributed by atoms with Gasteiger partial charge in [-0.25, -0.2) is 0 Å². The summed E-state index contributed by atoms with van der Waals surface area (Å²) in [5.74, 6) is 0.793. The van der Waals surface area contributed by atoms with Gasteiger partial charge in [-0.05, 0) is 38.6 Å². The Morgan fingerprint density at radius 2 is 1.85 bits per heavy atom. The van der Waals surface area contributed by atoms with E-state index in [9.17, 15) is 0 Å². The van der Waals surface area contributed by atoms with Crippen LogP contribution in [-0.2, 0) is 4.74 Å². The summed E-state index contributed by atoms with van der Waals surface area (Å²) in [5.41, 5.74) is 0. The maximum absolute atomic E-state index is 5.05. The second-order valence-corrected chi connectivity index (χ2v) is 3.92. The molecule has 0 fully saturated rings. The van der Waals surface area contributed by atoms with Crippen molar-refractivity contribution in [2.24, 2.45) is 5.92 Å². The van der Waals surface area contributed by atoms with Crippen LogP contribution >= 0.6 is 0 Å². The van der Waals surface area contributed by atoms with Crippen LogP contribution < -0.4 is 5.32 Å². The zero-order valence-electron chi connectivity index (χ0n) is 9.60. The van der Waals surface area contributed by atoms with Crippen LogP contribution in [0.4, 0.5) is 0 Å². The number of ether oxygens (including phenoxy) is 1. The third-order valence-corrected chi connectivity index (χ3v) is 2.46. The predicted molar refractivity (Wildman–Crippen MR) is 58.0 cm³/mol. The first-order valence-corrected chi connectivity index (χ1v) is 5.43. The van der Waals surface area contributed by atoms with Crippen molar-refractivity contribution in [2.45, 2.75) is 46.1 Å². The molecule has 1 N–H and O–H groups in total. The molecule has 0 aromatic heterocycles. The van der Waals surface area contributed by atoms with Gasteiger partial charge in [-0.3, -0.25) is 0 Å². The number of rotatable bonds is 8. The van der Waals surface area contributed by atoms with Gasteiger partial charge in [0.25, 0.3) is 0 Å². The van der Waals surface area contributed by atoms with E-state index in [1.165, 1.54) is 19.3 Å². The molecule has 0 aromatic carbocycles. The molecule has 0 amide bonds. The largest absolute Gasteiger partial charge is 0.385 e. The highest BCUT2D eigenvalue weighted by Gasteiger charge is 2.05. The second-order valence-electron chi connectivity index (χ2n) is 3.92. The fraction of sp³-hybridized carbons (Fsp3) is 1.00. The number of nitrogens with one attached hydrogen (secondary N) is 1. The maximum atomic E-state index is 5.05. The van der Waals surface area contributed by atoms with E-state index in [1.807, 2.05) is 0 Å². The normalized spacial score (nSPS) is 15.7. The minimum atomic E-state index is 0.662. The average Bonchev–Trinajstić information content (AvgIpc) is 2.12. The van der Waals surface area contributed by atoms with Crippen molar-refractivity contribution in [1.29, 1.82) is 0 Å². The van der Waals surface area contributed by atoms with Gasteiger partial charge in [0, 0.05) is 19.8 Å². The molecule has 2 atom stereocenters. The van der Waals surface area contributed by atoms with Crippen LogP contribution in [0.5, 0.6) is 0 Å². The quantitative estimate of drug-likeness (QED) is 0.630. The smallest absolute Gasteiger partial charge is 0.0464 e. The molecule has 0 spiro atoms. The molecule has 0 bridgehead atoms. The predicted octanol–water partition coefficient (Wildman–Crippen LogP) is 2.44. The molecule has 2 nitrogen and oxygen atoms in total. The van der Waals surface area contributed by atoms with Crippen molar-refractivity contribution in [1.82, 2.24) is 5.32 Å². The van der Waals surface area contributed by atoms with Gasteiger partial charge in [0.1, 0.15) is 0 Å². The Morgan fingerprint density at radius 3 is 2.38 bits per heavy atom. The van der Waals surface area contributed by atoms with Crippen LogP contribution in [-0.4, -0.2) is 26.3 Å². The van der Waals surface area contributed by atoms with Gasteiger partial charge in [-0.2, -0.15) is 0 Å². The Balaban J connectivity index is 3.29. The van der Waals surface area contributed by atoms with Gasteiger partial charge >= 0.3 is 0 Å². The first-order valence-electron chi connectivity index (χ1n) is 5.43. The molecule has 0 radical (unpaired) electrons. The van der Waals surface area contributed by atoms with Crippen LogP contribution in [0, 0.1) is 5.92 Å². The lowest BCUT2D eigenvalue weighted by molar-refractivity contribution is 0.177. The topological polar surface area (TPSA) is 21.3 Å². The van der Waals surface area contributed by atoms with Gasteiger partial charge in [-0.15, -0.1) is 0 Å². The Bertz CT molecular complexity index is 106. The molecule has 13 heavy (non-hydrogen) atoms. The van der Waals surface area contributed by atoms with E-state index in [4.69, 9.17) is 4.74 Å². The lowest BCUT2D eigenvalue weighted by atomic mass is 9.99. The molecular weight excluding hydrogens is 162 g/mol. The zero-order valence-corrected chi connectivity index (χ0v) is 9.60. The molecule has 0 saturated carbocycles. The van der Waals surface area contributed by atoms with Crippen molar-refractivity contribution in [3.05, 3.63) is 0 Å². The van der Waals surface area contributed by atoms with Crippen LogP contribution in [0.25, 0.3) is 0 Å². The van der Waals surface area contributed by atoms with E-state index < -0.39 is 0 Å². The first kappa shape index (κ1) is 12.9. The fourth-order valence-electron chi connectivity index (χ4n) is 1.45. The Kier molecular flexibility index (Phi) is 8.46. The van der Waals surface area contributed by atoms with Crippen molar-refractivity contribution >= 4 is 0 Å². The van der Waals surface area contributed by atoms with E-state index in [0.717, 1.165) is 19.1 Å². The van der Waals surface area contributed by atoms with E-state index in [-0.39, 0.29) is 0 Å². The summed E-state index contributed by atoms with van der Waals surface area (Å²) in [4.78, 5) is 0. The van der Waals surface area contributed by atoms with Crippen LogP contribution in [0.15, 0.2) is 0 Å². The van der Waals surface area contributed by atoms with Gasteiger partial charge in [0.15, 0.2) is 0 Å². The highest BCUT2D eigenvalue weighted by Crippen LogP contribution is 2.11. The monoisotopic (exact) mass is 187 g/mol. The van der Waals surface area contributed by atoms with Crippen molar-refractivity contribution in [3.63, 3.8) is 0 Å². The highest BCUT2D eigenvalue weighted by atomic mass is 16.5. The first-order chi connectivity index (χ1) is 6.20. The minimum absolute atomic E-state index is 0.662. The van der Waals surface area contributed by atoms with Crippen molar-refractivity contribution < 1.29 is 4.74 Å². The van der Waals surface area contributed by atoms with Gasteiger partial charge in [-0.1, -0.05) is 13.8 Å². The second kappa shape index (κ2) is 8.52. The molecule has 0 heterocycles. The molecule has 80 valence electrons. The number of methoxy groups -OCH3 is 1. The summed E-state index contributed by atoms with van der Waals surface area (Å²) in [6.07, 6.45) is 3.77. The third kappa shape index (κ3) is 8.26. The molecule has 2 unspecified atom stereocenters. The molecule has 0 aliphatic rings. The Labute approximate surface area is 83.1 Å². The molecule has 0 aliphatic carbocycles. The summed E-state index contributed by atoms with van der Waals surface area (Å²) in [5, 5.41) is 3.43.